The van der Waals surface area contributed by atoms with E-state index in [9.17, 15) is 23.1 Å². The fraction of sp³-hybridized carbons (Fsp3) is 0.480. The van der Waals surface area contributed by atoms with Crippen LogP contribution in [0, 0.1) is 5.92 Å². The van der Waals surface area contributed by atoms with E-state index in [0.717, 1.165) is 24.1 Å². The van der Waals surface area contributed by atoms with Gasteiger partial charge in [-0.15, -0.1) is 0 Å². The van der Waals surface area contributed by atoms with Gasteiger partial charge in [-0.25, -0.2) is 0 Å². The summed E-state index contributed by atoms with van der Waals surface area (Å²) in [5, 5.41) is 11.0. The van der Waals surface area contributed by atoms with Crippen LogP contribution in [0.15, 0.2) is 48.5 Å². The normalized spacial score (nSPS) is 17.6. The first-order chi connectivity index (χ1) is 14.5. The summed E-state index contributed by atoms with van der Waals surface area (Å²) in [5.41, 5.74) is 0.299. The number of carbonyl (C=O) groups is 1. The van der Waals surface area contributed by atoms with E-state index >= 15 is 0 Å². The van der Waals surface area contributed by atoms with Gasteiger partial charge in [0, 0.05) is 13.1 Å². The number of nitrogens with zero attached hydrogens (tertiary/aromatic N) is 1. The van der Waals surface area contributed by atoms with Gasteiger partial charge < -0.3 is 10.0 Å². The molecule has 0 aliphatic carbocycles. The van der Waals surface area contributed by atoms with E-state index in [1.165, 1.54) is 17.7 Å². The van der Waals surface area contributed by atoms with Crippen molar-refractivity contribution in [2.45, 2.75) is 57.7 Å². The highest BCUT2D eigenvalue weighted by Gasteiger charge is 2.38. The molecule has 168 valence electrons. The number of likely N-dealkylation sites (tertiary alicyclic amines) is 1. The van der Waals surface area contributed by atoms with Gasteiger partial charge in [0.2, 0.25) is 5.91 Å². The Hall–Kier alpha value is -2.34. The highest BCUT2D eigenvalue weighted by atomic mass is 19.4. The topological polar surface area (TPSA) is 40.5 Å². The molecule has 2 aromatic rings. The van der Waals surface area contributed by atoms with Crippen LogP contribution in [0.2, 0.25) is 0 Å². The summed E-state index contributed by atoms with van der Waals surface area (Å²) in [7, 11) is 0. The summed E-state index contributed by atoms with van der Waals surface area (Å²) in [5.74, 6) is 0.226. The van der Waals surface area contributed by atoms with E-state index in [0.29, 0.717) is 19.0 Å². The summed E-state index contributed by atoms with van der Waals surface area (Å²) < 4.78 is 39.1. The molecule has 6 heteroatoms. The second kappa shape index (κ2) is 9.03. The molecule has 0 radical (unpaired) electrons. The van der Waals surface area contributed by atoms with Gasteiger partial charge >= 0.3 is 6.18 Å². The summed E-state index contributed by atoms with van der Waals surface area (Å²) in [6.07, 6.45) is -3.05. The average Bonchev–Trinajstić information content (AvgIpc) is 2.73. The summed E-state index contributed by atoms with van der Waals surface area (Å²) >= 11 is 0. The number of piperidine rings is 1. The predicted molar refractivity (Wildman–Crippen MR) is 115 cm³/mol. The van der Waals surface area contributed by atoms with Crippen molar-refractivity contribution < 1.29 is 23.1 Å². The van der Waals surface area contributed by atoms with Crippen LogP contribution >= 0.6 is 0 Å². The highest BCUT2D eigenvalue weighted by Crippen LogP contribution is 2.37. The van der Waals surface area contributed by atoms with Gasteiger partial charge in [0.15, 0.2) is 0 Å². The van der Waals surface area contributed by atoms with Crippen LogP contribution in [0.1, 0.15) is 61.8 Å². The molecule has 1 heterocycles. The number of hydrogen-bond donors (Lipinski definition) is 1. The Morgan fingerprint density at radius 1 is 1.06 bits per heavy atom. The first kappa shape index (κ1) is 23.3. The predicted octanol–water partition coefficient (Wildman–Crippen LogP) is 5.52. The molecule has 1 fully saturated rings. The van der Waals surface area contributed by atoms with E-state index in [2.05, 4.69) is 26.0 Å². The second-order valence-corrected chi connectivity index (χ2v) is 9.00. The number of hydrogen-bond acceptors (Lipinski definition) is 2. The van der Waals surface area contributed by atoms with Crippen molar-refractivity contribution in [2.24, 2.45) is 5.92 Å². The Bertz CT molecular complexity index is 898. The molecule has 0 spiro atoms. The largest absolute Gasteiger partial charge is 0.416 e. The zero-order chi connectivity index (χ0) is 22.8. The maximum atomic E-state index is 13.0. The minimum atomic E-state index is -4.46. The number of carbonyl (C=O) groups excluding carboxylic acids is 1. The smallest absolute Gasteiger partial charge is 0.385 e. The summed E-state index contributed by atoms with van der Waals surface area (Å²) in [6.45, 7) is 6.81. The molecule has 1 aliphatic heterocycles. The lowest BCUT2D eigenvalue weighted by atomic mass is 9.83. The van der Waals surface area contributed by atoms with Crippen molar-refractivity contribution in [3.8, 4) is 0 Å². The van der Waals surface area contributed by atoms with Crippen LogP contribution in [0.25, 0.3) is 0 Å². The van der Waals surface area contributed by atoms with Crippen molar-refractivity contribution in [1.29, 1.82) is 0 Å². The lowest BCUT2D eigenvalue weighted by molar-refractivity contribution is -0.137. The SMILES string of the molecule is CC(C)Cc1ccc([C@H](C)C(=O)N2CCC(O)(c3cccc(C(F)(F)F)c3)CC2)cc1. The van der Waals surface area contributed by atoms with Crippen LogP contribution in [-0.2, 0) is 23.0 Å². The van der Waals surface area contributed by atoms with Crippen molar-refractivity contribution in [3.05, 3.63) is 70.8 Å². The zero-order valence-corrected chi connectivity index (χ0v) is 18.2. The molecule has 1 aliphatic rings. The van der Waals surface area contributed by atoms with Crippen LogP contribution < -0.4 is 0 Å². The lowest BCUT2D eigenvalue weighted by Gasteiger charge is -2.39. The van der Waals surface area contributed by atoms with E-state index in [4.69, 9.17) is 0 Å². The fourth-order valence-corrected chi connectivity index (χ4v) is 4.20. The third-order valence-corrected chi connectivity index (χ3v) is 6.12. The molecule has 31 heavy (non-hydrogen) atoms. The first-order valence-corrected chi connectivity index (χ1v) is 10.8. The first-order valence-electron chi connectivity index (χ1n) is 10.8. The van der Waals surface area contributed by atoms with E-state index in [-0.39, 0.29) is 30.2 Å². The molecule has 0 unspecified atom stereocenters. The Kier molecular flexibility index (Phi) is 6.79. The minimum absolute atomic E-state index is 0.0253. The number of alkyl halides is 3. The molecular formula is C25H30F3NO2. The van der Waals surface area contributed by atoms with Crippen LogP contribution in [0.4, 0.5) is 13.2 Å². The number of rotatable bonds is 5. The average molecular weight is 434 g/mol. The maximum absolute atomic E-state index is 13.0. The molecular weight excluding hydrogens is 403 g/mol. The number of aliphatic hydroxyl groups is 1. The van der Waals surface area contributed by atoms with Gasteiger partial charge in [-0.2, -0.15) is 13.2 Å². The van der Waals surface area contributed by atoms with Crippen LogP contribution in [-0.4, -0.2) is 29.0 Å². The molecule has 1 saturated heterocycles. The number of halogens is 3. The molecule has 3 nitrogen and oxygen atoms in total. The molecule has 1 atom stereocenters. The summed E-state index contributed by atoms with van der Waals surface area (Å²) in [6, 6.07) is 12.9. The van der Waals surface area contributed by atoms with Crippen LogP contribution in [0.3, 0.4) is 0 Å². The van der Waals surface area contributed by atoms with Crippen LogP contribution in [0.5, 0.6) is 0 Å². The molecule has 2 aromatic carbocycles. The lowest BCUT2D eigenvalue weighted by Crippen LogP contribution is -2.46. The van der Waals surface area contributed by atoms with Gasteiger partial charge in [0.05, 0.1) is 17.1 Å². The molecule has 3 rings (SSSR count). The Labute approximate surface area is 181 Å². The molecule has 0 bridgehead atoms. The monoisotopic (exact) mass is 433 g/mol. The van der Waals surface area contributed by atoms with Gasteiger partial charge in [-0.3, -0.25) is 4.79 Å². The highest BCUT2D eigenvalue weighted by molar-refractivity contribution is 5.83. The molecule has 0 saturated carbocycles. The zero-order valence-electron chi connectivity index (χ0n) is 18.2. The molecule has 0 aromatic heterocycles. The summed E-state index contributed by atoms with van der Waals surface area (Å²) in [4.78, 5) is 14.7. The maximum Gasteiger partial charge on any atom is 0.416 e. The Balaban J connectivity index is 1.65. The second-order valence-electron chi connectivity index (χ2n) is 9.00. The van der Waals surface area contributed by atoms with Crippen molar-refractivity contribution in [2.75, 3.05) is 13.1 Å². The standard InChI is InChI=1S/C25H30F3NO2/c1-17(2)15-19-7-9-20(10-8-19)18(3)23(30)29-13-11-24(31,12-14-29)21-5-4-6-22(16-21)25(26,27)28/h4-10,16-18,31H,11-15H2,1-3H3/t18-/m0/s1. The van der Waals surface area contributed by atoms with E-state index < -0.39 is 17.3 Å². The Morgan fingerprint density at radius 2 is 1.68 bits per heavy atom. The van der Waals surface area contributed by atoms with Gasteiger partial charge in [0.25, 0.3) is 0 Å². The van der Waals surface area contributed by atoms with Gasteiger partial charge in [-0.05, 0) is 60.9 Å². The van der Waals surface area contributed by atoms with E-state index in [1.54, 1.807) is 4.90 Å². The molecule has 1 amide bonds. The number of amides is 1. The molecule has 1 N–H and O–H groups in total. The third-order valence-electron chi connectivity index (χ3n) is 6.12. The van der Waals surface area contributed by atoms with Crippen molar-refractivity contribution in [1.82, 2.24) is 4.90 Å². The van der Waals surface area contributed by atoms with Crippen molar-refractivity contribution in [3.63, 3.8) is 0 Å². The Morgan fingerprint density at radius 3 is 2.23 bits per heavy atom. The third kappa shape index (κ3) is 5.48. The minimum Gasteiger partial charge on any atom is -0.385 e. The number of benzene rings is 2. The van der Waals surface area contributed by atoms with Crippen molar-refractivity contribution >= 4 is 5.91 Å². The fourth-order valence-electron chi connectivity index (χ4n) is 4.20. The van der Waals surface area contributed by atoms with E-state index in [1.807, 2.05) is 19.1 Å². The van der Waals surface area contributed by atoms with Gasteiger partial charge in [-0.1, -0.05) is 50.2 Å². The quantitative estimate of drug-likeness (QED) is 0.675. The van der Waals surface area contributed by atoms with Gasteiger partial charge in [0.1, 0.15) is 0 Å².